The predicted molar refractivity (Wildman–Crippen MR) is 130 cm³/mol. The summed E-state index contributed by atoms with van der Waals surface area (Å²) in [6, 6.07) is 19.4. The summed E-state index contributed by atoms with van der Waals surface area (Å²) >= 11 is 6.01. The number of aromatic nitrogens is 4. The highest BCUT2D eigenvalue weighted by atomic mass is 35.5. The van der Waals surface area contributed by atoms with Crippen LogP contribution in [0.25, 0.3) is 10.9 Å². The van der Waals surface area contributed by atoms with Crippen molar-refractivity contribution in [2.45, 2.75) is 6.54 Å². The van der Waals surface area contributed by atoms with E-state index in [4.69, 9.17) is 11.6 Å². The van der Waals surface area contributed by atoms with Crippen LogP contribution in [0.1, 0.15) is 16.1 Å². The Labute approximate surface area is 199 Å². The summed E-state index contributed by atoms with van der Waals surface area (Å²) < 4.78 is 15.6. The molecule has 0 aliphatic heterocycles. The molecule has 5 rings (SSSR count). The molecular formula is C25H18ClFN6O. The SMILES string of the molecule is O=C(Nc1cnc(Cl)nc1Nc1ccc2c(ccn2Cc2cccc(F)c2)c1)c1ccccn1. The average molecular weight is 473 g/mol. The lowest BCUT2D eigenvalue weighted by Gasteiger charge is -2.12. The first-order chi connectivity index (χ1) is 16.5. The van der Waals surface area contributed by atoms with E-state index in [1.165, 1.54) is 18.3 Å². The van der Waals surface area contributed by atoms with Crippen LogP contribution in [-0.2, 0) is 6.54 Å². The number of hydrogen-bond donors (Lipinski definition) is 2. The lowest BCUT2D eigenvalue weighted by atomic mass is 10.2. The Morgan fingerprint density at radius 1 is 1.03 bits per heavy atom. The standard InChI is InChI=1S/C25H18ClFN6O/c26-25-29-14-21(31-24(34)20-6-1-2-10-28-20)23(32-25)30-19-7-8-22-17(13-19)9-11-33(22)15-16-4-3-5-18(27)12-16/h1-14H,15H2,(H,31,34)(H,29,30,32). The minimum absolute atomic E-state index is 0.0423. The van der Waals surface area contributed by atoms with Crippen LogP contribution in [0.15, 0.2) is 85.3 Å². The van der Waals surface area contributed by atoms with Crippen LogP contribution in [0.4, 0.5) is 21.6 Å². The molecule has 2 N–H and O–H groups in total. The Hall–Kier alpha value is -4.30. The van der Waals surface area contributed by atoms with Gasteiger partial charge in [-0.05, 0) is 65.7 Å². The fraction of sp³-hybridized carbons (Fsp3) is 0.0400. The Bertz CT molecular complexity index is 1490. The Kier molecular flexibility index (Phi) is 5.88. The Morgan fingerprint density at radius 3 is 2.76 bits per heavy atom. The van der Waals surface area contributed by atoms with Gasteiger partial charge in [0.1, 0.15) is 17.2 Å². The number of fused-ring (bicyclic) bond motifs is 1. The van der Waals surface area contributed by atoms with Gasteiger partial charge >= 0.3 is 0 Å². The van der Waals surface area contributed by atoms with Crippen molar-refractivity contribution in [1.29, 1.82) is 0 Å². The second-order valence-corrected chi connectivity index (χ2v) is 7.88. The molecule has 9 heteroatoms. The van der Waals surface area contributed by atoms with Crippen molar-refractivity contribution in [3.8, 4) is 0 Å². The van der Waals surface area contributed by atoms with Gasteiger partial charge in [-0.2, -0.15) is 4.98 Å². The van der Waals surface area contributed by atoms with E-state index in [1.807, 2.05) is 41.1 Å². The van der Waals surface area contributed by atoms with E-state index >= 15 is 0 Å². The monoisotopic (exact) mass is 472 g/mol. The van der Waals surface area contributed by atoms with Crippen LogP contribution < -0.4 is 10.6 Å². The first-order valence-electron chi connectivity index (χ1n) is 10.4. The summed E-state index contributed by atoms with van der Waals surface area (Å²) in [6.45, 7) is 0.555. The molecule has 0 radical (unpaired) electrons. The molecule has 0 bridgehead atoms. The van der Waals surface area contributed by atoms with E-state index in [1.54, 1.807) is 30.5 Å². The van der Waals surface area contributed by atoms with E-state index in [9.17, 15) is 9.18 Å². The smallest absolute Gasteiger partial charge is 0.274 e. The van der Waals surface area contributed by atoms with Crippen molar-refractivity contribution in [3.05, 3.63) is 108 Å². The van der Waals surface area contributed by atoms with Crippen LogP contribution in [0.2, 0.25) is 5.28 Å². The van der Waals surface area contributed by atoms with Gasteiger partial charge in [-0.25, -0.2) is 9.37 Å². The molecule has 0 saturated heterocycles. The maximum Gasteiger partial charge on any atom is 0.274 e. The molecule has 3 aromatic heterocycles. The van der Waals surface area contributed by atoms with Crippen molar-refractivity contribution >= 4 is 45.6 Å². The van der Waals surface area contributed by atoms with Gasteiger partial charge in [0.2, 0.25) is 5.28 Å². The average Bonchev–Trinajstić information content (AvgIpc) is 3.23. The highest BCUT2D eigenvalue weighted by Crippen LogP contribution is 2.27. The zero-order valence-electron chi connectivity index (χ0n) is 17.7. The van der Waals surface area contributed by atoms with Gasteiger partial charge in [-0.1, -0.05) is 18.2 Å². The third kappa shape index (κ3) is 4.72. The molecule has 168 valence electrons. The third-order valence-electron chi connectivity index (χ3n) is 5.18. The number of nitrogens with zero attached hydrogens (tertiary/aromatic N) is 4. The van der Waals surface area contributed by atoms with E-state index in [-0.39, 0.29) is 22.7 Å². The molecule has 0 spiro atoms. The minimum Gasteiger partial charge on any atom is -0.343 e. The van der Waals surface area contributed by atoms with Crippen LogP contribution in [0, 0.1) is 5.82 Å². The molecule has 0 unspecified atom stereocenters. The first-order valence-corrected chi connectivity index (χ1v) is 10.8. The number of hydrogen-bond acceptors (Lipinski definition) is 5. The number of amides is 1. The number of benzene rings is 2. The molecule has 1 amide bonds. The normalized spacial score (nSPS) is 10.9. The van der Waals surface area contributed by atoms with Gasteiger partial charge in [0.25, 0.3) is 5.91 Å². The largest absolute Gasteiger partial charge is 0.343 e. The minimum atomic E-state index is -0.389. The Morgan fingerprint density at radius 2 is 1.94 bits per heavy atom. The third-order valence-corrected chi connectivity index (χ3v) is 5.36. The summed E-state index contributed by atoms with van der Waals surface area (Å²) in [4.78, 5) is 24.8. The second-order valence-electron chi connectivity index (χ2n) is 7.54. The molecule has 0 fully saturated rings. The van der Waals surface area contributed by atoms with Crippen LogP contribution in [0.3, 0.4) is 0 Å². The number of pyridine rings is 1. The zero-order chi connectivity index (χ0) is 23.5. The fourth-order valence-electron chi connectivity index (χ4n) is 3.62. The molecule has 0 aliphatic rings. The molecule has 3 heterocycles. The number of rotatable bonds is 6. The van der Waals surface area contributed by atoms with Crippen molar-refractivity contribution in [1.82, 2.24) is 19.5 Å². The maximum absolute atomic E-state index is 13.5. The summed E-state index contributed by atoms with van der Waals surface area (Å²) in [5.41, 5.74) is 3.26. The summed E-state index contributed by atoms with van der Waals surface area (Å²) in [6.07, 6.45) is 4.94. The molecule has 7 nitrogen and oxygen atoms in total. The van der Waals surface area contributed by atoms with E-state index in [0.717, 1.165) is 22.2 Å². The van der Waals surface area contributed by atoms with Crippen LogP contribution in [-0.4, -0.2) is 25.4 Å². The summed E-state index contributed by atoms with van der Waals surface area (Å²) in [5.74, 6) is -0.294. The predicted octanol–water partition coefficient (Wildman–Crippen LogP) is 5.66. The van der Waals surface area contributed by atoms with E-state index < -0.39 is 0 Å². The van der Waals surface area contributed by atoms with Gasteiger partial charge in [-0.15, -0.1) is 0 Å². The lowest BCUT2D eigenvalue weighted by molar-refractivity contribution is 0.102. The number of carbonyl (C=O) groups is 1. The molecule has 0 saturated carbocycles. The van der Waals surface area contributed by atoms with Gasteiger partial charge < -0.3 is 15.2 Å². The number of carbonyl (C=O) groups excluding carboxylic acids is 1. The van der Waals surface area contributed by atoms with Gasteiger partial charge in [0.05, 0.1) is 6.20 Å². The van der Waals surface area contributed by atoms with Gasteiger partial charge in [0.15, 0.2) is 5.82 Å². The molecule has 2 aromatic carbocycles. The van der Waals surface area contributed by atoms with Crippen LogP contribution in [0.5, 0.6) is 0 Å². The maximum atomic E-state index is 13.5. The van der Waals surface area contributed by atoms with E-state index in [2.05, 4.69) is 25.6 Å². The highest BCUT2D eigenvalue weighted by molar-refractivity contribution is 6.28. The Balaban J connectivity index is 1.39. The van der Waals surface area contributed by atoms with Crippen molar-refractivity contribution < 1.29 is 9.18 Å². The molecule has 5 aromatic rings. The van der Waals surface area contributed by atoms with E-state index in [0.29, 0.717) is 18.1 Å². The summed E-state index contributed by atoms with van der Waals surface area (Å²) in [7, 11) is 0. The fourth-order valence-corrected chi connectivity index (χ4v) is 3.75. The van der Waals surface area contributed by atoms with Crippen molar-refractivity contribution in [3.63, 3.8) is 0 Å². The van der Waals surface area contributed by atoms with Crippen molar-refractivity contribution in [2.75, 3.05) is 10.6 Å². The quantitative estimate of drug-likeness (QED) is 0.311. The van der Waals surface area contributed by atoms with Crippen LogP contribution >= 0.6 is 11.6 Å². The zero-order valence-corrected chi connectivity index (χ0v) is 18.5. The lowest BCUT2D eigenvalue weighted by Crippen LogP contribution is -2.15. The number of halogens is 2. The molecular weight excluding hydrogens is 455 g/mol. The van der Waals surface area contributed by atoms with Gasteiger partial charge in [-0.3, -0.25) is 9.78 Å². The first kappa shape index (κ1) is 21.5. The number of nitrogens with one attached hydrogen (secondary N) is 2. The topological polar surface area (TPSA) is 84.7 Å². The number of anilines is 3. The second kappa shape index (κ2) is 9.29. The highest BCUT2D eigenvalue weighted by Gasteiger charge is 2.13. The molecule has 0 aliphatic carbocycles. The summed E-state index contributed by atoms with van der Waals surface area (Å²) in [5, 5.41) is 6.99. The molecule has 34 heavy (non-hydrogen) atoms. The molecule has 0 atom stereocenters. The van der Waals surface area contributed by atoms with Crippen molar-refractivity contribution in [2.24, 2.45) is 0 Å². The van der Waals surface area contributed by atoms with Gasteiger partial charge in [0, 0.05) is 35.5 Å².